The Hall–Kier alpha value is -3.22. The molecule has 35 heavy (non-hydrogen) atoms. The quantitative estimate of drug-likeness (QED) is 0.541. The van der Waals surface area contributed by atoms with Crippen LogP contribution < -0.4 is 10.1 Å². The molecule has 0 bridgehead atoms. The van der Waals surface area contributed by atoms with E-state index < -0.39 is 86.8 Å². The van der Waals surface area contributed by atoms with Crippen LogP contribution in [0.2, 0.25) is 0 Å². The molecule has 1 aliphatic carbocycles. The van der Waals surface area contributed by atoms with Gasteiger partial charge >= 0.3 is 18.4 Å². The van der Waals surface area contributed by atoms with Gasteiger partial charge in [-0.25, -0.2) is 13.2 Å². The molecular weight excluding hydrogens is 512 g/mol. The van der Waals surface area contributed by atoms with E-state index >= 15 is 0 Å². The molecule has 1 heterocycles. The van der Waals surface area contributed by atoms with Gasteiger partial charge < -0.3 is 15.2 Å². The fourth-order valence-corrected chi connectivity index (χ4v) is 5.49. The highest BCUT2D eigenvalue weighted by Gasteiger charge is 2.51. The van der Waals surface area contributed by atoms with Gasteiger partial charge in [0.15, 0.2) is 16.4 Å². The van der Waals surface area contributed by atoms with Gasteiger partial charge in [-0.1, -0.05) is 0 Å². The van der Waals surface area contributed by atoms with E-state index in [1.807, 2.05) is 6.07 Å². The lowest BCUT2D eigenvalue weighted by atomic mass is 10.2. The number of hydrogen-bond acceptors (Lipinski definition) is 6. The molecule has 1 aliphatic heterocycles. The summed E-state index contributed by atoms with van der Waals surface area (Å²) in [4.78, 5) is 23.3. The monoisotopic (exact) mass is 529 g/mol. The second-order valence-electron chi connectivity index (χ2n) is 8.10. The number of nitriles is 1. The summed E-state index contributed by atoms with van der Waals surface area (Å²) in [6.07, 6.45) is -12.0. The molecule has 1 aromatic carbocycles. The van der Waals surface area contributed by atoms with Gasteiger partial charge in [0.2, 0.25) is 5.91 Å². The third-order valence-electron chi connectivity index (χ3n) is 5.54. The zero-order valence-corrected chi connectivity index (χ0v) is 18.3. The van der Waals surface area contributed by atoms with Gasteiger partial charge in [0, 0.05) is 6.54 Å². The lowest BCUT2D eigenvalue weighted by Crippen LogP contribution is -2.49. The number of benzene rings is 1. The molecule has 2 atom stereocenters. The molecule has 192 valence electrons. The second kappa shape index (κ2) is 8.77. The van der Waals surface area contributed by atoms with Crippen LogP contribution in [-0.2, 0) is 20.8 Å². The van der Waals surface area contributed by atoms with Gasteiger partial charge in [0.25, 0.3) is 0 Å². The molecular formula is C19H17F6N3O6S. The van der Waals surface area contributed by atoms with Crippen LogP contribution in [-0.4, -0.2) is 66.6 Å². The summed E-state index contributed by atoms with van der Waals surface area (Å²) in [6, 6.07) is 1.41. The zero-order valence-electron chi connectivity index (χ0n) is 17.5. The smallest absolute Gasteiger partial charge is 0.422 e. The molecule has 1 aromatic rings. The number of ether oxygens (including phenoxy) is 1. The predicted octanol–water partition coefficient (Wildman–Crippen LogP) is 2.71. The molecule has 2 amide bonds. The van der Waals surface area contributed by atoms with Crippen molar-refractivity contribution in [1.29, 1.82) is 5.26 Å². The number of nitrogens with zero attached hydrogens (tertiary/aromatic N) is 2. The first-order valence-electron chi connectivity index (χ1n) is 9.87. The summed E-state index contributed by atoms with van der Waals surface area (Å²) in [5.41, 5.74) is -3.00. The third-order valence-corrected chi connectivity index (χ3v) is 7.73. The number of rotatable bonds is 6. The van der Waals surface area contributed by atoms with Crippen molar-refractivity contribution in [3.05, 3.63) is 23.8 Å². The Kier molecular flexibility index (Phi) is 6.61. The number of nitrogens with one attached hydrogen (secondary N) is 1. The minimum atomic E-state index is -5.31. The van der Waals surface area contributed by atoms with Gasteiger partial charge in [0.05, 0.1) is 21.8 Å². The van der Waals surface area contributed by atoms with Crippen molar-refractivity contribution in [2.24, 2.45) is 0 Å². The van der Waals surface area contributed by atoms with Crippen molar-refractivity contribution in [3.8, 4) is 11.8 Å². The Morgan fingerprint density at radius 2 is 1.86 bits per heavy atom. The normalized spacial score (nSPS) is 21.8. The highest BCUT2D eigenvalue weighted by atomic mass is 32.2. The summed E-state index contributed by atoms with van der Waals surface area (Å²) >= 11 is 0. The number of carbonyl (C=O) groups is 2. The maximum Gasteiger partial charge on any atom is 0.422 e. The van der Waals surface area contributed by atoms with E-state index in [1.54, 1.807) is 0 Å². The average molecular weight is 529 g/mol. The molecule has 16 heteroatoms. The van der Waals surface area contributed by atoms with Crippen molar-refractivity contribution in [1.82, 2.24) is 10.2 Å². The largest absolute Gasteiger partial charge is 0.484 e. The van der Waals surface area contributed by atoms with Crippen molar-refractivity contribution in [2.75, 3.05) is 13.2 Å². The Labute approximate surface area is 194 Å². The average Bonchev–Trinajstić information content (AvgIpc) is 3.35. The molecule has 9 nitrogen and oxygen atoms in total. The molecule has 1 saturated heterocycles. The first kappa shape index (κ1) is 26.4. The van der Waals surface area contributed by atoms with Crippen molar-refractivity contribution < 1.29 is 54.2 Å². The zero-order chi connectivity index (χ0) is 26.4. The maximum atomic E-state index is 13.6. The Balaban J connectivity index is 1.92. The summed E-state index contributed by atoms with van der Waals surface area (Å²) < 4.78 is 108. The van der Waals surface area contributed by atoms with E-state index in [0.29, 0.717) is 29.9 Å². The number of carbonyl (C=O) groups excluding carboxylic acids is 1. The number of halogens is 6. The van der Waals surface area contributed by atoms with Crippen LogP contribution in [0.25, 0.3) is 0 Å². The molecule has 1 saturated carbocycles. The van der Waals surface area contributed by atoms with Crippen LogP contribution in [0.1, 0.15) is 24.8 Å². The SMILES string of the molecule is N#CC1(NC(=O)[C@@H]2C[C@@H](S(=O)(=O)c3ccc(OCC(F)(F)F)cc3C(F)(F)F)CN2C(=O)O)CC1. The standard InChI is InChI=1S/C19H17F6N3O6S/c20-18(21,22)9-34-10-1-2-14(12(5-10)19(23,24)25)35(32,33)11-6-13(28(7-11)16(30)31)15(29)27-17(8-26)3-4-17/h1-2,5,11,13H,3-4,6-7,9H2,(H,27,29)(H,30,31)/t11-,13+/m1/s1. The fourth-order valence-electron chi connectivity index (χ4n) is 3.60. The summed E-state index contributed by atoms with van der Waals surface area (Å²) in [7, 11) is -4.93. The minimum absolute atomic E-state index is 0.108. The molecule has 0 aromatic heterocycles. The van der Waals surface area contributed by atoms with Crippen LogP contribution >= 0.6 is 0 Å². The maximum absolute atomic E-state index is 13.6. The number of amides is 2. The van der Waals surface area contributed by atoms with Crippen molar-refractivity contribution in [3.63, 3.8) is 0 Å². The van der Waals surface area contributed by atoms with Gasteiger partial charge in [-0.05, 0) is 37.5 Å². The number of alkyl halides is 6. The van der Waals surface area contributed by atoms with Crippen LogP contribution in [0.15, 0.2) is 23.1 Å². The van der Waals surface area contributed by atoms with Gasteiger partial charge in [-0.2, -0.15) is 31.6 Å². The van der Waals surface area contributed by atoms with Gasteiger partial charge in [-0.3, -0.25) is 9.69 Å². The number of hydrogen-bond donors (Lipinski definition) is 2. The van der Waals surface area contributed by atoms with E-state index in [0.717, 1.165) is 0 Å². The molecule has 0 unspecified atom stereocenters. The molecule has 2 aliphatic rings. The van der Waals surface area contributed by atoms with Crippen LogP contribution in [0.4, 0.5) is 31.1 Å². The number of carboxylic acid groups (broad SMARTS) is 1. The lowest BCUT2D eigenvalue weighted by molar-refractivity contribution is -0.153. The molecule has 0 radical (unpaired) electrons. The van der Waals surface area contributed by atoms with Crippen molar-refractivity contribution >= 4 is 21.8 Å². The Morgan fingerprint density at radius 1 is 1.23 bits per heavy atom. The van der Waals surface area contributed by atoms with E-state index in [9.17, 15) is 49.5 Å². The molecule has 2 fully saturated rings. The van der Waals surface area contributed by atoms with E-state index in [2.05, 4.69) is 10.1 Å². The highest BCUT2D eigenvalue weighted by Crippen LogP contribution is 2.40. The highest BCUT2D eigenvalue weighted by molar-refractivity contribution is 7.92. The van der Waals surface area contributed by atoms with E-state index in [4.69, 9.17) is 5.26 Å². The van der Waals surface area contributed by atoms with Crippen molar-refractivity contribution in [2.45, 2.75) is 53.3 Å². The number of sulfone groups is 1. The fraction of sp³-hybridized carbons (Fsp3) is 0.526. The first-order chi connectivity index (χ1) is 16.0. The van der Waals surface area contributed by atoms with Crippen LogP contribution in [0.5, 0.6) is 5.75 Å². The topological polar surface area (TPSA) is 137 Å². The lowest BCUT2D eigenvalue weighted by Gasteiger charge is -2.21. The first-order valence-corrected chi connectivity index (χ1v) is 11.4. The Bertz CT molecular complexity index is 1170. The summed E-state index contributed by atoms with van der Waals surface area (Å²) in [6.45, 7) is -2.74. The summed E-state index contributed by atoms with van der Waals surface area (Å²) in [5, 5.41) is 19.1. The Morgan fingerprint density at radius 3 is 2.34 bits per heavy atom. The van der Waals surface area contributed by atoms with Crippen LogP contribution in [0, 0.1) is 11.3 Å². The predicted molar refractivity (Wildman–Crippen MR) is 103 cm³/mol. The minimum Gasteiger partial charge on any atom is -0.484 e. The molecule has 0 spiro atoms. The van der Waals surface area contributed by atoms with E-state index in [1.165, 1.54) is 0 Å². The van der Waals surface area contributed by atoms with Gasteiger partial charge in [-0.15, -0.1) is 0 Å². The van der Waals surface area contributed by atoms with Gasteiger partial charge in [0.1, 0.15) is 17.3 Å². The number of likely N-dealkylation sites (tertiary alicyclic amines) is 1. The van der Waals surface area contributed by atoms with Crippen LogP contribution in [0.3, 0.4) is 0 Å². The third kappa shape index (κ3) is 5.72. The molecule has 3 rings (SSSR count). The van der Waals surface area contributed by atoms with E-state index in [-0.39, 0.29) is 6.07 Å². The molecule has 2 N–H and O–H groups in total. The second-order valence-corrected chi connectivity index (χ2v) is 10.3. The summed E-state index contributed by atoms with van der Waals surface area (Å²) in [5.74, 6) is -1.84.